The van der Waals surface area contributed by atoms with Crippen molar-refractivity contribution in [2.75, 3.05) is 31.6 Å². The molecular weight excluding hydrogens is 409 g/mol. The van der Waals surface area contributed by atoms with Crippen molar-refractivity contribution in [3.63, 3.8) is 0 Å². The molecule has 1 fully saturated rings. The van der Waals surface area contributed by atoms with Gasteiger partial charge in [-0.1, -0.05) is 23.5 Å². The van der Waals surface area contributed by atoms with Crippen LogP contribution in [-0.4, -0.2) is 54.7 Å². The third-order valence-electron chi connectivity index (χ3n) is 4.27. The van der Waals surface area contributed by atoms with E-state index in [0.717, 1.165) is 22.6 Å². The van der Waals surface area contributed by atoms with Gasteiger partial charge in [0.25, 0.3) is 5.91 Å². The number of urea groups is 1. The highest BCUT2D eigenvalue weighted by atomic mass is 32.1. The van der Waals surface area contributed by atoms with Crippen LogP contribution in [0.15, 0.2) is 30.5 Å². The molecule has 1 aromatic heterocycles. The fraction of sp³-hybridized carbons (Fsp3) is 0.389. The number of ether oxygens (including phenoxy) is 1. The number of amides is 3. The zero-order valence-electron chi connectivity index (χ0n) is 15.5. The maximum atomic E-state index is 12.7. The second kappa shape index (κ2) is 8.68. The van der Waals surface area contributed by atoms with Crippen LogP contribution in [0.25, 0.3) is 0 Å². The highest BCUT2D eigenvalue weighted by molar-refractivity contribution is 7.17. The van der Waals surface area contributed by atoms with Crippen molar-refractivity contribution in [3.8, 4) is 5.75 Å². The van der Waals surface area contributed by atoms with Crippen LogP contribution in [-0.2, 0) is 6.54 Å². The van der Waals surface area contributed by atoms with Crippen LogP contribution in [0.4, 0.5) is 23.1 Å². The average Bonchev–Trinajstić information content (AvgIpc) is 3.29. The number of alkyl halides is 3. The number of nitrogens with zero attached hydrogens (tertiary/aromatic N) is 3. The molecule has 2 heterocycles. The second-order valence-electron chi connectivity index (χ2n) is 6.33. The summed E-state index contributed by atoms with van der Waals surface area (Å²) in [5.41, 5.74) is 0.949. The molecule has 7 nitrogen and oxygen atoms in total. The molecule has 11 heteroatoms. The van der Waals surface area contributed by atoms with Gasteiger partial charge in [-0.25, -0.2) is 9.78 Å². The van der Waals surface area contributed by atoms with Gasteiger partial charge in [-0.15, -0.1) is 0 Å². The summed E-state index contributed by atoms with van der Waals surface area (Å²) in [7, 11) is 1.58. The molecule has 1 aliphatic rings. The maximum absolute atomic E-state index is 12.7. The highest BCUT2D eigenvalue weighted by Gasteiger charge is 2.32. The minimum Gasteiger partial charge on any atom is -0.497 e. The number of methoxy groups -OCH3 is 1. The molecule has 1 saturated heterocycles. The Bertz CT molecular complexity index is 870. The van der Waals surface area contributed by atoms with Gasteiger partial charge in [0, 0.05) is 26.2 Å². The lowest BCUT2D eigenvalue weighted by molar-refractivity contribution is -0.132. The first-order valence-electron chi connectivity index (χ1n) is 8.77. The summed E-state index contributed by atoms with van der Waals surface area (Å²) in [6, 6.07) is 7.15. The van der Waals surface area contributed by atoms with Crippen molar-refractivity contribution >= 4 is 28.4 Å². The van der Waals surface area contributed by atoms with Crippen molar-refractivity contribution in [1.29, 1.82) is 0 Å². The number of halogens is 3. The topological polar surface area (TPSA) is 74.8 Å². The Morgan fingerprint density at radius 3 is 2.66 bits per heavy atom. The van der Waals surface area contributed by atoms with Crippen molar-refractivity contribution in [3.05, 3.63) is 40.9 Å². The Balaban J connectivity index is 1.57. The quantitative estimate of drug-likeness (QED) is 0.735. The molecule has 0 atom stereocenters. The second-order valence-corrected chi connectivity index (χ2v) is 7.34. The highest BCUT2D eigenvalue weighted by Crippen LogP contribution is 2.27. The van der Waals surface area contributed by atoms with E-state index in [-0.39, 0.29) is 10.9 Å². The Labute approximate surface area is 169 Å². The predicted octanol–water partition coefficient (Wildman–Crippen LogP) is 3.28. The molecule has 2 aromatic rings. The molecule has 1 aliphatic heterocycles. The third-order valence-corrected chi connectivity index (χ3v) is 5.29. The Morgan fingerprint density at radius 2 is 2.00 bits per heavy atom. The number of benzene rings is 1. The third kappa shape index (κ3) is 5.37. The minimum atomic E-state index is -4.33. The molecule has 0 spiro atoms. The van der Waals surface area contributed by atoms with E-state index < -0.39 is 25.0 Å². The van der Waals surface area contributed by atoms with Gasteiger partial charge in [0.05, 0.1) is 19.7 Å². The average molecular weight is 428 g/mol. The van der Waals surface area contributed by atoms with Crippen LogP contribution >= 0.6 is 11.3 Å². The summed E-state index contributed by atoms with van der Waals surface area (Å²) in [6.07, 6.45) is -4.17. The molecular formula is C18H19F3N4O3S. The SMILES string of the molecule is COc1ccc(CN2CCN(c3ncc(C(=O)NCCC(F)(F)F)s3)C2=O)cc1. The first-order chi connectivity index (χ1) is 13.8. The van der Waals surface area contributed by atoms with E-state index >= 15 is 0 Å². The lowest BCUT2D eigenvalue weighted by Crippen LogP contribution is -2.31. The Morgan fingerprint density at radius 1 is 1.28 bits per heavy atom. The van der Waals surface area contributed by atoms with Crippen LogP contribution in [0.3, 0.4) is 0 Å². The summed E-state index contributed by atoms with van der Waals surface area (Å²) in [6.45, 7) is 0.832. The van der Waals surface area contributed by atoms with E-state index in [9.17, 15) is 22.8 Å². The molecule has 29 heavy (non-hydrogen) atoms. The van der Waals surface area contributed by atoms with Crippen molar-refractivity contribution < 1.29 is 27.5 Å². The van der Waals surface area contributed by atoms with Crippen molar-refractivity contribution in [2.24, 2.45) is 0 Å². The van der Waals surface area contributed by atoms with Crippen LogP contribution in [0.5, 0.6) is 5.75 Å². The summed E-state index contributed by atoms with van der Waals surface area (Å²) < 4.78 is 41.6. The van der Waals surface area contributed by atoms with Gasteiger partial charge in [-0.2, -0.15) is 13.2 Å². The fourth-order valence-electron chi connectivity index (χ4n) is 2.76. The predicted molar refractivity (Wildman–Crippen MR) is 101 cm³/mol. The number of thiazole rings is 1. The number of rotatable bonds is 7. The smallest absolute Gasteiger partial charge is 0.390 e. The number of hydrogen-bond donors (Lipinski definition) is 1. The number of carbonyl (C=O) groups is 2. The zero-order valence-corrected chi connectivity index (χ0v) is 16.3. The minimum absolute atomic E-state index is 0.156. The first-order valence-corrected chi connectivity index (χ1v) is 9.58. The van der Waals surface area contributed by atoms with Crippen molar-refractivity contribution in [2.45, 2.75) is 19.1 Å². The molecule has 0 saturated carbocycles. The molecule has 0 radical (unpaired) electrons. The lowest BCUT2D eigenvalue weighted by atomic mass is 10.2. The molecule has 1 aromatic carbocycles. The maximum Gasteiger partial charge on any atom is 0.390 e. The molecule has 3 amide bonds. The van der Waals surface area contributed by atoms with Crippen molar-refractivity contribution in [1.82, 2.24) is 15.2 Å². The van der Waals surface area contributed by atoms with Gasteiger partial charge < -0.3 is 15.0 Å². The monoisotopic (exact) mass is 428 g/mol. The summed E-state index contributed by atoms with van der Waals surface area (Å²) in [4.78, 5) is 32.0. The zero-order chi connectivity index (χ0) is 21.0. The Hall–Kier alpha value is -2.82. The molecule has 3 rings (SSSR count). The number of aromatic nitrogens is 1. The van der Waals surface area contributed by atoms with Gasteiger partial charge in [0.15, 0.2) is 5.13 Å². The van der Waals surface area contributed by atoms with Gasteiger partial charge >= 0.3 is 12.2 Å². The molecule has 0 unspecified atom stereocenters. The summed E-state index contributed by atoms with van der Waals surface area (Å²) >= 11 is 0.971. The first kappa shape index (κ1) is 20.9. The van der Waals surface area contributed by atoms with Crippen LogP contribution in [0.2, 0.25) is 0 Å². The molecule has 0 bridgehead atoms. The number of anilines is 1. The molecule has 1 N–H and O–H groups in total. The van der Waals surface area contributed by atoms with Gasteiger partial charge in [0.1, 0.15) is 10.6 Å². The van der Waals surface area contributed by atoms with E-state index in [4.69, 9.17) is 4.74 Å². The standard InChI is InChI=1S/C18H19F3N4O3S/c1-28-13-4-2-12(3-5-13)11-24-8-9-25(17(24)27)16-23-10-14(29-16)15(26)22-7-6-18(19,20)21/h2-5,10H,6-9,11H2,1H3,(H,22,26). The van der Waals surface area contributed by atoms with Crippen LogP contribution in [0, 0.1) is 0 Å². The summed E-state index contributed by atoms with van der Waals surface area (Å²) in [5.74, 6) is 0.0895. The largest absolute Gasteiger partial charge is 0.497 e. The van der Waals surface area contributed by atoms with Crippen LogP contribution < -0.4 is 15.0 Å². The summed E-state index contributed by atoms with van der Waals surface area (Å²) in [5, 5.41) is 2.55. The van der Waals surface area contributed by atoms with E-state index in [1.54, 1.807) is 12.0 Å². The van der Waals surface area contributed by atoms with Gasteiger partial charge in [0.2, 0.25) is 0 Å². The lowest BCUT2D eigenvalue weighted by Gasteiger charge is -2.17. The normalized spacial score (nSPS) is 14.4. The number of carbonyl (C=O) groups excluding carboxylic acids is 2. The Kier molecular flexibility index (Phi) is 6.26. The van der Waals surface area contributed by atoms with E-state index in [1.807, 2.05) is 24.3 Å². The van der Waals surface area contributed by atoms with E-state index in [0.29, 0.717) is 24.8 Å². The molecule has 0 aliphatic carbocycles. The van der Waals surface area contributed by atoms with Crippen LogP contribution in [0.1, 0.15) is 21.7 Å². The number of nitrogens with one attached hydrogen (secondary N) is 1. The number of hydrogen-bond acceptors (Lipinski definition) is 5. The van der Waals surface area contributed by atoms with Gasteiger partial charge in [-0.3, -0.25) is 9.69 Å². The van der Waals surface area contributed by atoms with Gasteiger partial charge in [-0.05, 0) is 17.7 Å². The van der Waals surface area contributed by atoms with E-state index in [1.165, 1.54) is 11.1 Å². The molecule has 156 valence electrons. The van der Waals surface area contributed by atoms with E-state index in [2.05, 4.69) is 10.3 Å². The fourth-order valence-corrected chi connectivity index (χ4v) is 3.61.